The third kappa shape index (κ3) is 1.67. The number of carbonyl (C=O) groups is 1. The van der Waals surface area contributed by atoms with Gasteiger partial charge in [0.1, 0.15) is 5.78 Å². The van der Waals surface area contributed by atoms with E-state index in [1.54, 1.807) is 6.92 Å². The van der Waals surface area contributed by atoms with Crippen molar-refractivity contribution in [2.45, 2.75) is 39.0 Å². The number of carbonyl (C=O) groups excluding carboxylic acids is 1. The van der Waals surface area contributed by atoms with Gasteiger partial charge < -0.3 is 0 Å². The molecule has 3 fully saturated rings. The maximum Gasteiger partial charge on any atom is 0.146 e. The number of ketones is 1. The third-order valence-electron chi connectivity index (χ3n) is 6.46. The molecule has 0 radical (unpaired) electrons. The third-order valence-corrected chi connectivity index (χ3v) is 6.46. The standard InChI is InChI=1S/C20H23NO/c1-13(22)20(14-7-5-4-6-8-14)11-16-17-9-15(19(17,2)3)10-18(16)21-12-20/h4-8,11,15,17H,9-10,12H2,1-3H3. The van der Waals surface area contributed by atoms with Crippen LogP contribution in [0.3, 0.4) is 0 Å². The molecule has 2 bridgehead atoms. The molecular weight excluding hydrogens is 270 g/mol. The Balaban J connectivity index is 1.83. The van der Waals surface area contributed by atoms with E-state index in [9.17, 15) is 4.79 Å². The summed E-state index contributed by atoms with van der Waals surface area (Å²) in [6.07, 6.45) is 4.63. The van der Waals surface area contributed by atoms with E-state index in [0.717, 1.165) is 17.9 Å². The Labute approximate surface area is 132 Å². The van der Waals surface area contributed by atoms with Crippen LogP contribution in [0.4, 0.5) is 0 Å². The Bertz CT molecular complexity index is 698. The molecule has 4 aliphatic rings. The molecule has 0 aromatic heterocycles. The highest BCUT2D eigenvalue weighted by Gasteiger charge is 2.56. The SMILES string of the molecule is CC(=O)C1(c2ccccc2)C=C2C(=NC1)CC1CC2C1(C)C. The Morgan fingerprint density at radius 1 is 1.23 bits per heavy atom. The summed E-state index contributed by atoms with van der Waals surface area (Å²) in [5.41, 5.74) is 3.52. The molecule has 3 aliphatic carbocycles. The van der Waals surface area contributed by atoms with E-state index < -0.39 is 5.41 Å². The van der Waals surface area contributed by atoms with Gasteiger partial charge in [-0.05, 0) is 48.2 Å². The second-order valence-electron chi connectivity index (χ2n) is 7.77. The molecule has 3 unspecified atom stereocenters. The first kappa shape index (κ1) is 13.9. The van der Waals surface area contributed by atoms with Crippen LogP contribution >= 0.6 is 0 Å². The second kappa shape index (κ2) is 4.41. The topological polar surface area (TPSA) is 29.4 Å². The lowest BCUT2D eigenvalue weighted by molar-refractivity contribution is -0.120. The van der Waals surface area contributed by atoms with Gasteiger partial charge in [-0.3, -0.25) is 9.79 Å². The number of allylic oxidation sites excluding steroid dienone is 1. The van der Waals surface area contributed by atoms with Gasteiger partial charge in [0.25, 0.3) is 0 Å². The van der Waals surface area contributed by atoms with Crippen LogP contribution in [0.15, 0.2) is 47.0 Å². The van der Waals surface area contributed by atoms with Crippen molar-refractivity contribution in [3.63, 3.8) is 0 Å². The van der Waals surface area contributed by atoms with Crippen molar-refractivity contribution in [2.75, 3.05) is 6.54 Å². The van der Waals surface area contributed by atoms with E-state index in [-0.39, 0.29) is 5.78 Å². The van der Waals surface area contributed by atoms with Gasteiger partial charge in [-0.2, -0.15) is 0 Å². The number of hydrogen-bond acceptors (Lipinski definition) is 2. The molecule has 0 N–H and O–H groups in total. The first-order valence-corrected chi connectivity index (χ1v) is 8.28. The number of Topliss-reactive ketones (excluding diaryl/α,β-unsaturated/α-hetero) is 1. The predicted molar refractivity (Wildman–Crippen MR) is 89.2 cm³/mol. The van der Waals surface area contributed by atoms with Crippen LogP contribution in [0, 0.1) is 17.3 Å². The van der Waals surface area contributed by atoms with Crippen molar-refractivity contribution in [3.8, 4) is 0 Å². The van der Waals surface area contributed by atoms with Gasteiger partial charge in [0.2, 0.25) is 0 Å². The van der Waals surface area contributed by atoms with Crippen molar-refractivity contribution in [1.29, 1.82) is 0 Å². The summed E-state index contributed by atoms with van der Waals surface area (Å²) >= 11 is 0. The molecule has 0 spiro atoms. The minimum atomic E-state index is -0.557. The lowest BCUT2D eigenvalue weighted by Gasteiger charge is -2.59. The maximum absolute atomic E-state index is 12.6. The summed E-state index contributed by atoms with van der Waals surface area (Å²) < 4.78 is 0. The molecule has 3 atom stereocenters. The van der Waals surface area contributed by atoms with Crippen LogP contribution in [-0.2, 0) is 10.2 Å². The first-order valence-electron chi connectivity index (χ1n) is 8.28. The summed E-state index contributed by atoms with van der Waals surface area (Å²) in [6.45, 7) is 7.03. The summed E-state index contributed by atoms with van der Waals surface area (Å²) in [6, 6.07) is 10.2. The number of nitrogens with zero attached hydrogens (tertiary/aromatic N) is 1. The van der Waals surface area contributed by atoms with Gasteiger partial charge in [0.05, 0.1) is 12.0 Å². The zero-order valence-electron chi connectivity index (χ0n) is 13.6. The van der Waals surface area contributed by atoms with Gasteiger partial charge in [-0.25, -0.2) is 0 Å². The number of aliphatic imine (C=N–C) groups is 1. The van der Waals surface area contributed by atoms with Gasteiger partial charge in [-0.15, -0.1) is 0 Å². The van der Waals surface area contributed by atoms with E-state index in [2.05, 4.69) is 32.1 Å². The Morgan fingerprint density at radius 2 is 1.95 bits per heavy atom. The summed E-state index contributed by atoms with van der Waals surface area (Å²) in [4.78, 5) is 17.4. The normalized spacial score (nSPS) is 34.9. The summed E-state index contributed by atoms with van der Waals surface area (Å²) in [7, 11) is 0. The molecule has 1 aromatic carbocycles. The van der Waals surface area contributed by atoms with Crippen molar-refractivity contribution < 1.29 is 4.79 Å². The smallest absolute Gasteiger partial charge is 0.146 e. The average molecular weight is 293 g/mol. The van der Waals surface area contributed by atoms with Crippen LogP contribution in [-0.4, -0.2) is 18.0 Å². The van der Waals surface area contributed by atoms with E-state index >= 15 is 0 Å². The molecule has 2 heteroatoms. The molecule has 22 heavy (non-hydrogen) atoms. The number of rotatable bonds is 2. The van der Waals surface area contributed by atoms with E-state index in [1.165, 1.54) is 17.7 Å². The zero-order chi connectivity index (χ0) is 15.5. The monoisotopic (exact) mass is 293 g/mol. The highest BCUT2D eigenvalue weighted by Crippen LogP contribution is 2.61. The van der Waals surface area contributed by atoms with Gasteiger partial charge in [-0.1, -0.05) is 50.3 Å². The van der Waals surface area contributed by atoms with Crippen molar-refractivity contribution in [3.05, 3.63) is 47.5 Å². The summed E-state index contributed by atoms with van der Waals surface area (Å²) in [5, 5.41) is 0. The summed E-state index contributed by atoms with van der Waals surface area (Å²) in [5.74, 6) is 1.55. The highest BCUT2D eigenvalue weighted by molar-refractivity contribution is 6.06. The van der Waals surface area contributed by atoms with Crippen LogP contribution in [0.5, 0.6) is 0 Å². The highest BCUT2D eigenvalue weighted by atomic mass is 16.1. The molecule has 3 saturated carbocycles. The molecule has 1 aromatic rings. The van der Waals surface area contributed by atoms with E-state index in [1.807, 2.05) is 18.2 Å². The molecular formula is C20H23NO. The van der Waals surface area contributed by atoms with Crippen LogP contribution in [0.2, 0.25) is 0 Å². The van der Waals surface area contributed by atoms with Crippen molar-refractivity contribution in [1.82, 2.24) is 0 Å². The first-order chi connectivity index (χ1) is 10.4. The van der Waals surface area contributed by atoms with Crippen molar-refractivity contribution in [2.24, 2.45) is 22.2 Å². The average Bonchev–Trinajstić information content (AvgIpc) is 2.54. The van der Waals surface area contributed by atoms with Crippen LogP contribution in [0.25, 0.3) is 0 Å². The number of dihydropyridines is 1. The molecule has 0 saturated heterocycles. The fourth-order valence-corrected chi connectivity index (χ4v) is 4.64. The molecule has 0 amide bonds. The lowest BCUT2D eigenvalue weighted by atomic mass is 9.46. The van der Waals surface area contributed by atoms with Crippen LogP contribution < -0.4 is 0 Å². The Kier molecular flexibility index (Phi) is 2.79. The van der Waals surface area contributed by atoms with Crippen LogP contribution in [0.1, 0.15) is 39.2 Å². The molecule has 5 rings (SSSR count). The maximum atomic E-state index is 12.6. The predicted octanol–water partition coefficient (Wildman–Crippen LogP) is 3.96. The van der Waals surface area contributed by atoms with Gasteiger partial charge >= 0.3 is 0 Å². The quantitative estimate of drug-likeness (QED) is 0.811. The fraction of sp³-hybridized carbons (Fsp3) is 0.500. The Morgan fingerprint density at radius 3 is 2.59 bits per heavy atom. The van der Waals surface area contributed by atoms with Gasteiger partial charge in [0, 0.05) is 5.71 Å². The molecule has 2 nitrogen and oxygen atoms in total. The number of benzene rings is 1. The minimum absolute atomic E-state index is 0.202. The van der Waals surface area contributed by atoms with Gasteiger partial charge in [0.15, 0.2) is 0 Å². The Hall–Kier alpha value is -1.70. The molecule has 1 heterocycles. The zero-order valence-corrected chi connectivity index (χ0v) is 13.6. The van der Waals surface area contributed by atoms with Crippen molar-refractivity contribution >= 4 is 11.5 Å². The second-order valence-corrected chi connectivity index (χ2v) is 7.77. The van der Waals surface area contributed by atoms with E-state index in [4.69, 9.17) is 4.99 Å². The lowest BCUT2D eigenvalue weighted by Crippen LogP contribution is -2.54. The number of hydrogen-bond donors (Lipinski definition) is 0. The molecule has 114 valence electrons. The van der Waals surface area contributed by atoms with E-state index in [0.29, 0.717) is 17.9 Å². The largest absolute Gasteiger partial charge is 0.299 e. The minimum Gasteiger partial charge on any atom is -0.299 e. The fourth-order valence-electron chi connectivity index (χ4n) is 4.64. The molecule has 1 aliphatic heterocycles.